The van der Waals surface area contributed by atoms with Gasteiger partial charge in [-0.1, -0.05) is 31.5 Å². The van der Waals surface area contributed by atoms with Crippen LogP contribution in [0.4, 0.5) is 4.39 Å². The van der Waals surface area contributed by atoms with Crippen LogP contribution < -0.4 is 5.73 Å². The van der Waals surface area contributed by atoms with E-state index in [1.807, 2.05) is 19.9 Å². The molecule has 16 heavy (non-hydrogen) atoms. The van der Waals surface area contributed by atoms with Gasteiger partial charge in [-0.05, 0) is 43.4 Å². The lowest BCUT2D eigenvalue weighted by Gasteiger charge is -2.20. The SMILES string of the molecule is CC(C)c1cc(Cl)c(F)c(CC(C)(C)N)c1. The van der Waals surface area contributed by atoms with E-state index in [1.54, 1.807) is 6.07 Å². The van der Waals surface area contributed by atoms with Gasteiger partial charge in [0.1, 0.15) is 5.82 Å². The highest BCUT2D eigenvalue weighted by Crippen LogP contribution is 2.27. The Morgan fingerprint density at radius 2 is 1.94 bits per heavy atom. The van der Waals surface area contributed by atoms with Gasteiger partial charge >= 0.3 is 0 Å². The number of rotatable bonds is 3. The predicted molar refractivity (Wildman–Crippen MR) is 67.5 cm³/mol. The van der Waals surface area contributed by atoms with Crippen molar-refractivity contribution in [3.63, 3.8) is 0 Å². The first-order valence-electron chi connectivity index (χ1n) is 5.47. The second-order valence-corrected chi connectivity index (χ2v) is 5.70. The van der Waals surface area contributed by atoms with Crippen molar-refractivity contribution < 1.29 is 4.39 Å². The summed E-state index contributed by atoms with van der Waals surface area (Å²) in [6.07, 6.45) is 0.485. The van der Waals surface area contributed by atoms with E-state index in [-0.39, 0.29) is 10.8 Å². The maximum atomic E-state index is 13.8. The fourth-order valence-electron chi connectivity index (χ4n) is 1.62. The van der Waals surface area contributed by atoms with E-state index in [1.165, 1.54) is 0 Å². The van der Waals surface area contributed by atoms with Gasteiger partial charge in [0.05, 0.1) is 5.02 Å². The summed E-state index contributed by atoms with van der Waals surface area (Å²) in [7, 11) is 0. The third-order valence-corrected chi connectivity index (χ3v) is 2.71. The second kappa shape index (κ2) is 4.72. The van der Waals surface area contributed by atoms with Crippen LogP contribution in [0.5, 0.6) is 0 Å². The highest BCUT2D eigenvalue weighted by atomic mass is 35.5. The first-order valence-corrected chi connectivity index (χ1v) is 5.85. The summed E-state index contributed by atoms with van der Waals surface area (Å²) in [4.78, 5) is 0. The predicted octanol–water partition coefficient (Wildman–Crippen LogP) is 3.88. The van der Waals surface area contributed by atoms with Crippen molar-refractivity contribution in [1.29, 1.82) is 0 Å². The zero-order valence-corrected chi connectivity index (χ0v) is 11.0. The van der Waals surface area contributed by atoms with Crippen LogP contribution >= 0.6 is 11.6 Å². The van der Waals surface area contributed by atoms with Crippen molar-refractivity contribution in [2.45, 2.75) is 45.6 Å². The Hall–Kier alpha value is -0.600. The third-order valence-electron chi connectivity index (χ3n) is 2.44. The quantitative estimate of drug-likeness (QED) is 0.857. The molecule has 0 heterocycles. The lowest BCUT2D eigenvalue weighted by molar-refractivity contribution is 0.496. The maximum absolute atomic E-state index is 13.8. The minimum atomic E-state index is -0.431. The summed E-state index contributed by atoms with van der Waals surface area (Å²) in [6.45, 7) is 7.87. The van der Waals surface area contributed by atoms with Gasteiger partial charge in [-0.15, -0.1) is 0 Å². The van der Waals surface area contributed by atoms with Gasteiger partial charge in [-0.3, -0.25) is 0 Å². The Morgan fingerprint density at radius 3 is 2.38 bits per heavy atom. The summed E-state index contributed by atoms with van der Waals surface area (Å²) in [5.74, 6) is -0.0117. The topological polar surface area (TPSA) is 26.0 Å². The Balaban J connectivity index is 3.17. The Bertz CT molecular complexity index is 380. The largest absolute Gasteiger partial charge is 0.325 e. The zero-order valence-electron chi connectivity index (χ0n) is 10.3. The van der Waals surface area contributed by atoms with Crippen molar-refractivity contribution in [3.8, 4) is 0 Å². The fraction of sp³-hybridized carbons (Fsp3) is 0.538. The summed E-state index contributed by atoms with van der Waals surface area (Å²) >= 11 is 5.88. The van der Waals surface area contributed by atoms with Crippen molar-refractivity contribution in [2.24, 2.45) is 5.73 Å². The summed E-state index contributed by atoms with van der Waals surface area (Å²) < 4.78 is 13.8. The molecule has 0 saturated carbocycles. The molecule has 0 atom stereocenters. The molecule has 0 aliphatic rings. The Morgan fingerprint density at radius 1 is 1.38 bits per heavy atom. The van der Waals surface area contributed by atoms with Gasteiger partial charge in [0.15, 0.2) is 0 Å². The van der Waals surface area contributed by atoms with Crippen molar-refractivity contribution in [3.05, 3.63) is 34.1 Å². The molecule has 0 fully saturated rings. The molecule has 0 spiro atoms. The standard InChI is InChI=1S/C13H19ClFN/c1-8(2)9-5-10(7-13(3,4)16)12(15)11(14)6-9/h5-6,8H,7,16H2,1-4H3. The van der Waals surface area contributed by atoms with E-state index in [2.05, 4.69) is 13.8 Å². The molecule has 0 radical (unpaired) electrons. The Labute approximate surface area is 102 Å². The number of benzene rings is 1. The zero-order chi connectivity index (χ0) is 12.5. The number of hydrogen-bond donors (Lipinski definition) is 1. The molecule has 0 amide bonds. The number of halogens is 2. The fourth-order valence-corrected chi connectivity index (χ4v) is 1.87. The lowest BCUT2D eigenvalue weighted by Crippen LogP contribution is -2.34. The van der Waals surface area contributed by atoms with Crippen LogP contribution in [-0.2, 0) is 6.42 Å². The molecule has 1 nitrogen and oxygen atoms in total. The average Bonchev–Trinajstić information content (AvgIpc) is 2.10. The van der Waals surface area contributed by atoms with E-state index in [9.17, 15) is 4.39 Å². The first-order chi connectivity index (χ1) is 7.20. The van der Waals surface area contributed by atoms with Crippen LogP contribution in [0.25, 0.3) is 0 Å². The molecule has 0 aliphatic heterocycles. The molecule has 1 rings (SSSR count). The van der Waals surface area contributed by atoms with Crippen molar-refractivity contribution in [2.75, 3.05) is 0 Å². The molecule has 0 unspecified atom stereocenters. The molecule has 0 aromatic heterocycles. The molecule has 1 aromatic carbocycles. The van der Waals surface area contributed by atoms with Crippen LogP contribution in [-0.4, -0.2) is 5.54 Å². The number of hydrogen-bond acceptors (Lipinski definition) is 1. The van der Waals surface area contributed by atoms with Gasteiger partial charge in [0.25, 0.3) is 0 Å². The Kier molecular flexibility index (Phi) is 3.97. The average molecular weight is 244 g/mol. The van der Waals surface area contributed by atoms with E-state index in [4.69, 9.17) is 17.3 Å². The van der Waals surface area contributed by atoms with Gasteiger partial charge in [-0.2, -0.15) is 0 Å². The van der Waals surface area contributed by atoms with Gasteiger partial charge in [0, 0.05) is 5.54 Å². The van der Waals surface area contributed by atoms with Crippen molar-refractivity contribution >= 4 is 11.6 Å². The van der Waals surface area contributed by atoms with Crippen molar-refractivity contribution in [1.82, 2.24) is 0 Å². The molecule has 0 aliphatic carbocycles. The van der Waals surface area contributed by atoms with Gasteiger partial charge < -0.3 is 5.73 Å². The van der Waals surface area contributed by atoms with Crippen LogP contribution in [0, 0.1) is 5.82 Å². The summed E-state index contributed by atoms with van der Waals surface area (Å²) in [5.41, 5.74) is 7.12. The minimum Gasteiger partial charge on any atom is -0.325 e. The van der Waals surface area contributed by atoms with E-state index < -0.39 is 5.54 Å². The summed E-state index contributed by atoms with van der Waals surface area (Å²) in [5, 5.41) is 0.186. The third kappa shape index (κ3) is 3.46. The highest BCUT2D eigenvalue weighted by Gasteiger charge is 2.18. The van der Waals surface area contributed by atoms with E-state index >= 15 is 0 Å². The minimum absolute atomic E-state index is 0.186. The molecule has 90 valence electrons. The normalized spacial score (nSPS) is 12.2. The smallest absolute Gasteiger partial charge is 0.145 e. The van der Waals surface area contributed by atoms with Crippen LogP contribution in [0.15, 0.2) is 12.1 Å². The van der Waals surface area contributed by atoms with Crippen LogP contribution in [0.1, 0.15) is 44.7 Å². The van der Waals surface area contributed by atoms with Crippen LogP contribution in [0.3, 0.4) is 0 Å². The second-order valence-electron chi connectivity index (χ2n) is 5.30. The molecular weight excluding hydrogens is 225 g/mol. The molecule has 1 aromatic rings. The molecule has 3 heteroatoms. The van der Waals surface area contributed by atoms with Crippen LogP contribution in [0.2, 0.25) is 5.02 Å². The first kappa shape index (κ1) is 13.5. The molecule has 0 saturated heterocycles. The molecular formula is C13H19ClFN. The monoisotopic (exact) mass is 243 g/mol. The van der Waals surface area contributed by atoms with Gasteiger partial charge in [-0.25, -0.2) is 4.39 Å². The summed E-state index contributed by atoms with van der Waals surface area (Å²) in [6, 6.07) is 3.55. The van der Waals surface area contributed by atoms with E-state index in [0.29, 0.717) is 17.9 Å². The highest BCUT2D eigenvalue weighted by molar-refractivity contribution is 6.30. The maximum Gasteiger partial charge on any atom is 0.145 e. The molecule has 2 N–H and O–H groups in total. The van der Waals surface area contributed by atoms with Gasteiger partial charge in [0.2, 0.25) is 0 Å². The number of nitrogens with two attached hydrogens (primary N) is 1. The lowest BCUT2D eigenvalue weighted by atomic mass is 9.92. The molecule has 0 bridgehead atoms. The van der Waals surface area contributed by atoms with E-state index in [0.717, 1.165) is 5.56 Å².